The SMILES string of the molecule is CCCCCCOC(Br)Br. The lowest BCUT2D eigenvalue weighted by atomic mass is 10.2. The molecule has 0 unspecified atom stereocenters. The molecule has 10 heavy (non-hydrogen) atoms. The van der Waals surface area contributed by atoms with Gasteiger partial charge in [-0.15, -0.1) is 0 Å². The third kappa shape index (κ3) is 8.92. The van der Waals surface area contributed by atoms with Crippen molar-refractivity contribution in [3.05, 3.63) is 0 Å². The molecule has 0 heterocycles. The molecule has 3 heteroatoms. The molecule has 1 nitrogen and oxygen atoms in total. The van der Waals surface area contributed by atoms with Gasteiger partial charge in [0.25, 0.3) is 0 Å². The maximum Gasteiger partial charge on any atom is 0.167 e. The van der Waals surface area contributed by atoms with Crippen molar-refractivity contribution in [3.63, 3.8) is 0 Å². The molecule has 0 bridgehead atoms. The Labute approximate surface area is 79.8 Å². The van der Waals surface area contributed by atoms with Crippen molar-refractivity contribution in [2.45, 2.75) is 36.5 Å². The van der Waals surface area contributed by atoms with E-state index < -0.39 is 0 Å². The van der Waals surface area contributed by atoms with Crippen molar-refractivity contribution in [2.24, 2.45) is 0 Å². The zero-order chi connectivity index (χ0) is 7.82. The van der Waals surface area contributed by atoms with Gasteiger partial charge in [0.05, 0.1) is 0 Å². The Kier molecular flexibility index (Phi) is 8.76. The standard InChI is InChI=1S/C7H14Br2O/c1-2-3-4-5-6-10-7(8)9/h7H,2-6H2,1H3. The zero-order valence-electron chi connectivity index (χ0n) is 6.28. The number of hydrogen-bond acceptors (Lipinski definition) is 1. The van der Waals surface area contributed by atoms with Gasteiger partial charge in [-0.05, 0) is 38.3 Å². The summed E-state index contributed by atoms with van der Waals surface area (Å²) in [6.07, 6.45) is 5.05. The fourth-order valence-electron chi connectivity index (χ4n) is 0.701. The van der Waals surface area contributed by atoms with Gasteiger partial charge in [-0.3, -0.25) is 0 Å². The normalized spacial score (nSPS) is 10.8. The van der Waals surface area contributed by atoms with Gasteiger partial charge in [-0.1, -0.05) is 26.2 Å². The summed E-state index contributed by atoms with van der Waals surface area (Å²) in [5, 5.41) is 0. The van der Waals surface area contributed by atoms with E-state index in [4.69, 9.17) is 4.74 Å². The summed E-state index contributed by atoms with van der Waals surface area (Å²) in [6, 6.07) is 0. The van der Waals surface area contributed by atoms with E-state index in [1.807, 2.05) is 0 Å². The average molecular weight is 274 g/mol. The minimum Gasteiger partial charge on any atom is -0.356 e. The number of halogens is 2. The molecule has 62 valence electrons. The monoisotopic (exact) mass is 272 g/mol. The summed E-state index contributed by atoms with van der Waals surface area (Å²) < 4.78 is 5.25. The van der Waals surface area contributed by atoms with E-state index >= 15 is 0 Å². The van der Waals surface area contributed by atoms with E-state index in [1.54, 1.807) is 0 Å². The first-order chi connectivity index (χ1) is 4.77. The van der Waals surface area contributed by atoms with Crippen LogP contribution in [0.4, 0.5) is 0 Å². The van der Waals surface area contributed by atoms with Crippen molar-refractivity contribution in [1.29, 1.82) is 0 Å². The number of ether oxygens (including phenoxy) is 1. The van der Waals surface area contributed by atoms with Gasteiger partial charge in [-0.2, -0.15) is 0 Å². The lowest BCUT2D eigenvalue weighted by Crippen LogP contribution is -1.97. The second-order valence-corrected chi connectivity index (χ2v) is 5.08. The maximum absolute atomic E-state index is 5.22. The minimum absolute atomic E-state index is 0.0293. The number of unbranched alkanes of at least 4 members (excludes halogenated alkanes) is 3. The molecule has 0 saturated carbocycles. The Balaban J connectivity index is 2.77. The van der Waals surface area contributed by atoms with Crippen LogP contribution in [0.15, 0.2) is 0 Å². The van der Waals surface area contributed by atoms with Crippen molar-refractivity contribution >= 4 is 31.9 Å². The number of rotatable bonds is 6. The highest BCUT2D eigenvalue weighted by Gasteiger charge is 1.94. The Morgan fingerprint density at radius 2 is 1.90 bits per heavy atom. The first-order valence-electron chi connectivity index (χ1n) is 3.67. The molecular formula is C7H14Br2O. The highest BCUT2D eigenvalue weighted by Crippen LogP contribution is 2.10. The van der Waals surface area contributed by atoms with Gasteiger partial charge in [0.15, 0.2) is 3.92 Å². The van der Waals surface area contributed by atoms with Crippen LogP contribution in [0, 0.1) is 0 Å². The van der Waals surface area contributed by atoms with Crippen LogP contribution in [0.3, 0.4) is 0 Å². The highest BCUT2D eigenvalue weighted by molar-refractivity contribution is 9.24. The van der Waals surface area contributed by atoms with Crippen molar-refractivity contribution in [1.82, 2.24) is 0 Å². The molecule has 0 radical (unpaired) electrons. The first kappa shape index (κ1) is 10.9. The van der Waals surface area contributed by atoms with Crippen LogP contribution in [0.25, 0.3) is 0 Å². The molecule has 0 aromatic rings. The van der Waals surface area contributed by atoms with E-state index in [9.17, 15) is 0 Å². The summed E-state index contributed by atoms with van der Waals surface area (Å²) in [5.41, 5.74) is 0. The third-order valence-electron chi connectivity index (χ3n) is 1.24. The summed E-state index contributed by atoms with van der Waals surface area (Å²) in [5.74, 6) is 0. The molecule has 0 aromatic carbocycles. The lowest BCUT2D eigenvalue weighted by Gasteiger charge is -2.02. The average Bonchev–Trinajstić information content (AvgIpc) is 1.87. The maximum atomic E-state index is 5.22. The zero-order valence-corrected chi connectivity index (χ0v) is 9.45. The van der Waals surface area contributed by atoms with Crippen LogP contribution in [0.1, 0.15) is 32.6 Å². The third-order valence-corrected chi connectivity index (χ3v) is 1.77. The minimum atomic E-state index is 0.0293. The molecular weight excluding hydrogens is 260 g/mol. The van der Waals surface area contributed by atoms with E-state index in [0.29, 0.717) is 0 Å². The molecule has 0 rings (SSSR count). The Bertz CT molecular complexity index is 66.6. The molecule has 0 fully saturated rings. The van der Waals surface area contributed by atoms with Crippen LogP contribution in [0.5, 0.6) is 0 Å². The lowest BCUT2D eigenvalue weighted by molar-refractivity contribution is 0.165. The molecule has 0 aliphatic carbocycles. The Morgan fingerprint density at radius 3 is 2.40 bits per heavy atom. The van der Waals surface area contributed by atoms with Crippen LogP contribution < -0.4 is 0 Å². The molecule has 0 spiro atoms. The highest BCUT2D eigenvalue weighted by atomic mass is 79.9. The topological polar surface area (TPSA) is 9.23 Å². The van der Waals surface area contributed by atoms with Gasteiger partial charge >= 0.3 is 0 Å². The quantitative estimate of drug-likeness (QED) is 0.530. The van der Waals surface area contributed by atoms with Crippen molar-refractivity contribution < 1.29 is 4.74 Å². The predicted octanol–water partition coefficient (Wildman–Crippen LogP) is 3.66. The molecule has 0 amide bonds. The van der Waals surface area contributed by atoms with E-state index in [2.05, 4.69) is 38.8 Å². The van der Waals surface area contributed by atoms with Gasteiger partial charge in [0, 0.05) is 6.61 Å². The fraction of sp³-hybridized carbons (Fsp3) is 1.00. The molecule has 0 atom stereocenters. The smallest absolute Gasteiger partial charge is 0.167 e. The van der Waals surface area contributed by atoms with Crippen LogP contribution >= 0.6 is 31.9 Å². The van der Waals surface area contributed by atoms with Crippen LogP contribution in [0.2, 0.25) is 0 Å². The summed E-state index contributed by atoms with van der Waals surface area (Å²) >= 11 is 6.48. The van der Waals surface area contributed by atoms with Crippen molar-refractivity contribution in [3.8, 4) is 0 Å². The van der Waals surface area contributed by atoms with Gasteiger partial charge in [0.2, 0.25) is 0 Å². The predicted molar refractivity (Wildman–Crippen MR) is 51.7 cm³/mol. The summed E-state index contributed by atoms with van der Waals surface area (Å²) in [7, 11) is 0. The second kappa shape index (κ2) is 8.02. The van der Waals surface area contributed by atoms with Crippen molar-refractivity contribution in [2.75, 3.05) is 6.61 Å². The number of alkyl halides is 2. The molecule has 0 aliphatic heterocycles. The summed E-state index contributed by atoms with van der Waals surface area (Å²) in [6.45, 7) is 3.06. The van der Waals surface area contributed by atoms with Crippen LogP contribution in [-0.2, 0) is 4.74 Å². The first-order valence-corrected chi connectivity index (χ1v) is 5.50. The largest absolute Gasteiger partial charge is 0.356 e. The van der Waals surface area contributed by atoms with Crippen LogP contribution in [-0.4, -0.2) is 10.5 Å². The Hall–Kier alpha value is 0.920. The number of hydrogen-bond donors (Lipinski definition) is 0. The van der Waals surface area contributed by atoms with E-state index in [-0.39, 0.29) is 3.92 Å². The molecule has 0 saturated heterocycles. The summed E-state index contributed by atoms with van der Waals surface area (Å²) in [4.78, 5) is 0. The van der Waals surface area contributed by atoms with Gasteiger partial charge in [-0.25, -0.2) is 0 Å². The van der Waals surface area contributed by atoms with E-state index in [0.717, 1.165) is 6.61 Å². The van der Waals surface area contributed by atoms with Gasteiger partial charge in [0.1, 0.15) is 0 Å². The fourth-order valence-corrected chi connectivity index (χ4v) is 1.08. The molecule has 0 aromatic heterocycles. The second-order valence-electron chi connectivity index (χ2n) is 2.19. The van der Waals surface area contributed by atoms with E-state index in [1.165, 1.54) is 25.7 Å². The van der Waals surface area contributed by atoms with Gasteiger partial charge < -0.3 is 4.74 Å². The molecule has 0 aliphatic rings. The Morgan fingerprint density at radius 1 is 1.20 bits per heavy atom. The molecule has 0 N–H and O–H groups in total.